The first-order valence-electron chi connectivity index (χ1n) is 18.0. The summed E-state index contributed by atoms with van der Waals surface area (Å²) in [5.41, 5.74) is 6.04. The maximum Gasteiger partial charge on any atom is -0.0279 e. The third-order valence-electron chi connectivity index (χ3n) is 9.08. The maximum absolute atomic E-state index is 2.30. The Labute approximate surface area is 279 Å². The van der Waals surface area contributed by atoms with E-state index in [2.05, 4.69) is 121 Å². The second kappa shape index (κ2) is 23.1. The first-order valence-corrected chi connectivity index (χ1v) is 21.7. The fourth-order valence-electron chi connectivity index (χ4n) is 6.43. The van der Waals surface area contributed by atoms with Gasteiger partial charge < -0.3 is 0 Å². The van der Waals surface area contributed by atoms with Crippen LogP contribution < -0.4 is 0 Å². The molecule has 0 saturated carbocycles. The van der Waals surface area contributed by atoms with Crippen molar-refractivity contribution in [3.05, 3.63) is 144 Å². The summed E-state index contributed by atoms with van der Waals surface area (Å²) in [6, 6.07) is 44.5. The van der Waals surface area contributed by atoms with Gasteiger partial charge in [-0.15, -0.1) is 15.8 Å². The Morgan fingerprint density at radius 1 is 0.244 bits per heavy atom. The molecule has 0 atom stereocenters. The minimum absolute atomic E-state index is 0.165. The second-order valence-electron chi connectivity index (χ2n) is 12.8. The Bertz CT molecular complexity index is 1030. The van der Waals surface area contributed by atoms with Gasteiger partial charge in [-0.2, -0.15) is 0 Å². The van der Waals surface area contributed by atoms with Crippen LogP contribution in [0, 0.1) is 0 Å². The zero-order valence-corrected chi connectivity index (χ0v) is 29.7. The third kappa shape index (κ3) is 16.2. The highest BCUT2D eigenvalue weighted by molar-refractivity contribution is 7.58. The molecule has 0 aliphatic heterocycles. The fraction of sp³-hybridized carbons (Fsp3) is 0.442. The van der Waals surface area contributed by atoms with Crippen molar-refractivity contribution in [2.24, 2.45) is 0 Å². The maximum atomic E-state index is 2.30. The number of aryl methyl sites for hydroxylation is 4. The molecule has 4 rings (SSSR count). The molecule has 0 fully saturated rings. The summed E-state index contributed by atoms with van der Waals surface area (Å²) >= 11 is 0. The Hall–Kier alpha value is -2.26. The topological polar surface area (TPSA) is 0 Å². The number of hydrogen-bond acceptors (Lipinski definition) is 0. The van der Waals surface area contributed by atoms with E-state index in [1.807, 2.05) is 0 Å². The van der Waals surface area contributed by atoms with E-state index in [1.54, 1.807) is 0 Å². The van der Waals surface area contributed by atoms with E-state index in [0.717, 1.165) is 0 Å². The number of benzene rings is 4. The molecule has 4 aromatic carbocycles. The smallest absolute Gasteiger partial charge is 0.0279 e. The van der Waals surface area contributed by atoms with Gasteiger partial charge in [-0.1, -0.05) is 121 Å². The summed E-state index contributed by atoms with van der Waals surface area (Å²) in [6.45, 7) is 0. The predicted molar refractivity (Wildman–Crippen MR) is 205 cm³/mol. The minimum atomic E-state index is 0.165. The molecule has 240 valence electrons. The van der Waals surface area contributed by atoms with Gasteiger partial charge in [0, 0.05) is 0 Å². The van der Waals surface area contributed by atoms with Crippen LogP contribution >= 0.6 is 15.8 Å². The fourth-order valence-corrected chi connectivity index (χ4v) is 11.9. The molecule has 0 unspecified atom stereocenters. The van der Waals surface area contributed by atoms with Crippen molar-refractivity contribution in [1.29, 1.82) is 0 Å². The van der Waals surface area contributed by atoms with E-state index < -0.39 is 0 Å². The van der Waals surface area contributed by atoms with Gasteiger partial charge in [0.25, 0.3) is 0 Å². The van der Waals surface area contributed by atoms with Crippen LogP contribution in [0.2, 0.25) is 0 Å². The zero-order valence-electron chi connectivity index (χ0n) is 27.9. The quantitative estimate of drug-likeness (QED) is 0.0530. The summed E-state index contributed by atoms with van der Waals surface area (Å²) in [5.74, 6) is 0. The van der Waals surface area contributed by atoms with Gasteiger partial charge in [0.15, 0.2) is 0 Å². The molecule has 0 amide bonds. The van der Waals surface area contributed by atoms with Crippen molar-refractivity contribution in [3.8, 4) is 0 Å². The van der Waals surface area contributed by atoms with Crippen molar-refractivity contribution in [2.45, 2.75) is 83.5 Å². The molecule has 0 aliphatic carbocycles. The molecule has 0 nitrogen and oxygen atoms in total. The molecule has 0 spiro atoms. The summed E-state index contributed by atoms with van der Waals surface area (Å²) < 4.78 is 0. The van der Waals surface area contributed by atoms with E-state index in [4.69, 9.17) is 0 Å². The van der Waals surface area contributed by atoms with Crippen molar-refractivity contribution in [3.63, 3.8) is 0 Å². The molecule has 0 aliphatic rings. The van der Waals surface area contributed by atoms with Gasteiger partial charge >= 0.3 is 0 Å². The highest BCUT2D eigenvalue weighted by Crippen LogP contribution is 2.43. The van der Waals surface area contributed by atoms with Crippen LogP contribution in [0.4, 0.5) is 0 Å². The Morgan fingerprint density at radius 2 is 0.467 bits per heavy atom. The Morgan fingerprint density at radius 3 is 0.711 bits per heavy atom. The van der Waals surface area contributed by atoms with Crippen LogP contribution in [-0.2, 0) is 25.7 Å². The normalized spacial score (nSPS) is 11.4. The van der Waals surface area contributed by atoms with E-state index in [1.165, 1.54) is 143 Å². The van der Waals surface area contributed by atoms with Gasteiger partial charge in [0.1, 0.15) is 0 Å². The lowest BCUT2D eigenvalue weighted by Crippen LogP contribution is -2.02. The first-order chi connectivity index (χ1) is 22.3. The van der Waals surface area contributed by atoms with Gasteiger partial charge in [-0.3, -0.25) is 0 Å². The van der Waals surface area contributed by atoms with Crippen molar-refractivity contribution < 1.29 is 0 Å². The van der Waals surface area contributed by atoms with E-state index in [9.17, 15) is 0 Å². The monoisotopic (exact) mass is 636 g/mol. The number of rotatable bonds is 24. The Balaban J connectivity index is 1.22. The van der Waals surface area contributed by atoms with Crippen LogP contribution in [0.3, 0.4) is 0 Å². The second-order valence-corrected chi connectivity index (χ2v) is 18.2. The molecule has 0 heterocycles. The molecule has 0 aromatic heterocycles. The van der Waals surface area contributed by atoms with Gasteiger partial charge in [0.05, 0.1) is 0 Å². The number of hydrogen-bond donors (Lipinski definition) is 0. The van der Waals surface area contributed by atoms with Gasteiger partial charge in [-0.25, -0.2) is 0 Å². The molecular formula is C43H58P2. The van der Waals surface area contributed by atoms with Crippen molar-refractivity contribution >= 4 is 15.8 Å². The molecule has 4 aromatic rings. The molecular weight excluding hydrogens is 578 g/mol. The zero-order chi connectivity index (χ0) is 31.0. The SMILES string of the molecule is c1ccc(CCCCP(CCCCc2ccccc2)CCCP(CCCCc2ccccc2)CCCCc2ccccc2)cc1. The average molecular weight is 637 g/mol. The molecule has 2 heteroatoms. The lowest BCUT2D eigenvalue weighted by molar-refractivity contribution is 0.779. The first kappa shape index (κ1) is 35.6. The molecule has 0 radical (unpaired) electrons. The third-order valence-corrected chi connectivity index (χ3v) is 14.8. The summed E-state index contributed by atoms with van der Waals surface area (Å²) in [6.07, 6.45) is 26.5. The van der Waals surface area contributed by atoms with Crippen molar-refractivity contribution in [2.75, 3.05) is 37.0 Å². The molecule has 0 saturated heterocycles. The largest absolute Gasteiger partial charge is 0.107 e. The van der Waals surface area contributed by atoms with E-state index in [-0.39, 0.29) is 15.8 Å². The van der Waals surface area contributed by atoms with Crippen LogP contribution in [0.25, 0.3) is 0 Å². The van der Waals surface area contributed by atoms with Crippen LogP contribution in [-0.4, -0.2) is 37.0 Å². The molecule has 0 bridgehead atoms. The van der Waals surface area contributed by atoms with Crippen molar-refractivity contribution in [1.82, 2.24) is 0 Å². The molecule has 45 heavy (non-hydrogen) atoms. The number of unbranched alkanes of at least 4 members (excludes halogenated alkanes) is 4. The van der Waals surface area contributed by atoms with Gasteiger partial charge in [0.2, 0.25) is 0 Å². The summed E-state index contributed by atoms with van der Waals surface area (Å²) in [5, 5.41) is 0. The summed E-state index contributed by atoms with van der Waals surface area (Å²) in [4.78, 5) is 0. The lowest BCUT2D eigenvalue weighted by atomic mass is 10.1. The standard InChI is InChI=1S/C43H58P2/c1-5-22-40(23-6-1)30-13-17-34-44(35-18-14-31-41-24-7-2-8-25-41)38-21-39-45(36-19-15-32-42-26-9-3-10-27-42)37-20-16-33-43-28-11-4-12-29-43/h1-12,22-29H,13-21,30-39H2. The van der Waals surface area contributed by atoms with E-state index in [0.29, 0.717) is 0 Å². The molecule has 0 N–H and O–H groups in total. The highest BCUT2D eigenvalue weighted by atomic mass is 31.1. The van der Waals surface area contributed by atoms with Crippen LogP contribution in [0.15, 0.2) is 121 Å². The van der Waals surface area contributed by atoms with Crippen LogP contribution in [0.1, 0.15) is 80.0 Å². The highest BCUT2D eigenvalue weighted by Gasteiger charge is 2.12. The lowest BCUT2D eigenvalue weighted by Gasteiger charge is -2.22. The van der Waals surface area contributed by atoms with Gasteiger partial charge in [-0.05, 0) is 143 Å². The van der Waals surface area contributed by atoms with Crippen LogP contribution in [0.5, 0.6) is 0 Å². The minimum Gasteiger partial charge on any atom is -0.107 e. The Kier molecular flexibility index (Phi) is 18.3. The average Bonchev–Trinajstić information content (AvgIpc) is 3.10. The summed E-state index contributed by atoms with van der Waals surface area (Å²) in [7, 11) is 0.331. The van der Waals surface area contributed by atoms with E-state index >= 15 is 0 Å². The predicted octanol–water partition coefficient (Wildman–Crippen LogP) is 12.4.